The van der Waals surface area contributed by atoms with Gasteiger partial charge in [0.15, 0.2) is 5.71 Å². The quantitative estimate of drug-likeness (QED) is 0.687. The van der Waals surface area contributed by atoms with Crippen molar-refractivity contribution in [3.63, 3.8) is 0 Å². The minimum atomic E-state index is -4.47. The van der Waals surface area contributed by atoms with Crippen molar-refractivity contribution < 1.29 is 27.7 Å². The lowest BCUT2D eigenvalue weighted by Crippen LogP contribution is -2.20. The number of carbonyl (C=O) groups excluding carboxylic acids is 1. The van der Waals surface area contributed by atoms with Gasteiger partial charge in [0.05, 0.1) is 12.1 Å². The van der Waals surface area contributed by atoms with Crippen LogP contribution in [0.15, 0.2) is 31.1 Å². The molecule has 21 heavy (non-hydrogen) atoms. The van der Waals surface area contributed by atoms with Crippen molar-refractivity contribution in [2.45, 2.75) is 11.3 Å². The molecule has 0 aliphatic carbocycles. The molecule has 0 aromatic heterocycles. The van der Waals surface area contributed by atoms with Crippen LogP contribution in [0, 0.1) is 0 Å². The van der Waals surface area contributed by atoms with E-state index in [4.69, 9.17) is 9.66 Å². The molecule has 2 rings (SSSR count). The molecular weight excluding hydrogens is 436 g/mol. The molecule has 0 bridgehead atoms. The molecule has 0 atom stereocenters. The highest BCUT2D eigenvalue weighted by Gasteiger charge is 2.30. The molecule has 1 aliphatic rings. The zero-order chi connectivity index (χ0) is 15.9. The Hall–Kier alpha value is -1.30. The predicted octanol–water partition coefficient (Wildman–Crippen LogP) is 1.64. The van der Waals surface area contributed by atoms with Gasteiger partial charge in [0.2, 0.25) is 0 Å². The van der Waals surface area contributed by atoms with Crippen molar-refractivity contribution in [2.24, 2.45) is 5.10 Å². The second-order valence-electron chi connectivity index (χ2n) is 3.95. The molecule has 0 saturated heterocycles. The number of carboxylic acid groups (broad SMARTS) is 1. The van der Waals surface area contributed by atoms with Crippen LogP contribution in [0.3, 0.4) is 0 Å². The molecule has 112 valence electrons. The van der Waals surface area contributed by atoms with Gasteiger partial charge in [-0.25, -0.2) is 4.79 Å². The number of carbonyl (C=O) groups is 2. The van der Waals surface area contributed by atoms with Crippen LogP contribution in [-0.2, 0) is 19.7 Å². The summed E-state index contributed by atoms with van der Waals surface area (Å²) in [7, 11) is -4.47. The number of hydrazone groups is 1. The van der Waals surface area contributed by atoms with E-state index in [1.54, 1.807) is 0 Å². The summed E-state index contributed by atoms with van der Waals surface area (Å²) in [6, 6.07) is 2.47. The highest BCUT2D eigenvalue weighted by molar-refractivity contribution is 9.11. The van der Waals surface area contributed by atoms with Gasteiger partial charge in [0, 0.05) is 8.95 Å². The first-order chi connectivity index (χ1) is 9.61. The molecule has 1 heterocycles. The lowest BCUT2D eigenvalue weighted by atomic mass is 10.2. The first-order valence-corrected chi connectivity index (χ1v) is 8.24. The van der Waals surface area contributed by atoms with Gasteiger partial charge in [-0.2, -0.15) is 18.5 Å². The Labute approximate surface area is 135 Å². The number of hydrogen-bond donors (Lipinski definition) is 2. The van der Waals surface area contributed by atoms with Crippen LogP contribution in [0.1, 0.15) is 6.42 Å². The molecule has 0 fully saturated rings. The van der Waals surface area contributed by atoms with Gasteiger partial charge in [0.25, 0.3) is 16.0 Å². The van der Waals surface area contributed by atoms with E-state index in [2.05, 4.69) is 37.0 Å². The van der Waals surface area contributed by atoms with Gasteiger partial charge in [0.1, 0.15) is 4.90 Å². The second-order valence-corrected chi connectivity index (χ2v) is 7.01. The SMILES string of the molecule is O=C(O)C1=NN(c2cc(Br)c(S(=O)(=O)O)c(Br)c2)C(=O)C1. The molecule has 0 unspecified atom stereocenters. The normalized spacial score (nSPS) is 15.3. The highest BCUT2D eigenvalue weighted by atomic mass is 79.9. The molecule has 8 nitrogen and oxygen atoms in total. The minimum Gasteiger partial charge on any atom is -0.477 e. The summed E-state index contributed by atoms with van der Waals surface area (Å²) < 4.78 is 31.5. The van der Waals surface area contributed by atoms with E-state index < -0.39 is 26.9 Å². The van der Waals surface area contributed by atoms with Crippen LogP contribution in [0.2, 0.25) is 0 Å². The van der Waals surface area contributed by atoms with Crippen molar-refractivity contribution in [2.75, 3.05) is 5.01 Å². The Bertz CT molecular complexity index is 766. The van der Waals surface area contributed by atoms with E-state index in [-0.39, 0.29) is 26.8 Å². The van der Waals surface area contributed by atoms with Crippen LogP contribution in [0.4, 0.5) is 5.69 Å². The molecule has 1 amide bonds. The van der Waals surface area contributed by atoms with Crippen molar-refractivity contribution >= 4 is 65.3 Å². The topological polar surface area (TPSA) is 124 Å². The van der Waals surface area contributed by atoms with Crippen molar-refractivity contribution in [1.82, 2.24) is 0 Å². The lowest BCUT2D eigenvalue weighted by molar-refractivity contribution is -0.129. The minimum absolute atomic E-state index is 0.00106. The van der Waals surface area contributed by atoms with E-state index in [0.29, 0.717) is 0 Å². The number of nitrogens with zero attached hydrogens (tertiary/aromatic N) is 2. The van der Waals surface area contributed by atoms with Gasteiger partial charge in [-0.3, -0.25) is 9.35 Å². The lowest BCUT2D eigenvalue weighted by Gasteiger charge is -2.14. The molecule has 1 aromatic carbocycles. The fourth-order valence-electron chi connectivity index (χ4n) is 1.67. The number of carboxylic acids is 1. The fraction of sp³-hybridized carbons (Fsp3) is 0.100. The maximum atomic E-state index is 11.7. The average molecular weight is 442 g/mol. The average Bonchev–Trinajstić information content (AvgIpc) is 2.68. The Morgan fingerprint density at radius 3 is 2.19 bits per heavy atom. The Kier molecular flexibility index (Phi) is 4.19. The monoisotopic (exact) mass is 440 g/mol. The smallest absolute Gasteiger partial charge is 0.352 e. The third kappa shape index (κ3) is 3.15. The number of anilines is 1. The fourth-order valence-corrected chi connectivity index (χ4v) is 4.67. The van der Waals surface area contributed by atoms with E-state index in [0.717, 1.165) is 5.01 Å². The maximum Gasteiger partial charge on any atom is 0.352 e. The van der Waals surface area contributed by atoms with Crippen molar-refractivity contribution in [1.29, 1.82) is 0 Å². The summed E-state index contributed by atoms with van der Waals surface area (Å²) in [5.41, 5.74) is -0.159. The molecule has 1 aliphatic heterocycles. The molecule has 0 spiro atoms. The number of amides is 1. The van der Waals surface area contributed by atoms with E-state index in [1.807, 2.05) is 0 Å². The van der Waals surface area contributed by atoms with Gasteiger partial charge >= 0.3 is 5.97 Å². The van der Waals surface area contributed by atoms with Crippen LogP contribution in [0.25, 0.3) is 0 Å². The largest absolute Gasteiger partial charge is 0.477 e. The molecule has 11 heteroatoms. The van der Waals surface area contributed by atoms with Gasteiger partial charge in [-0.1, -0.05) is 0 Å². The van der Waals surface area contributed by atoms with Gasteiger partial charge in [-0.15, -0.1) is 0 Å². The Morgan fingerprint density at radius 1 is 1.29 bits per heavy atom. The number of benzene rings is 1. The molecular formula is C10H6Br2N2O6S. The maximum absolute atomic E-state index is 11.7. The van der Waals surface area contributed by atoms with Crippen molar-refractivity contribution in [3.05, 3.63) is 21.1 Å². The van der Waals surface area contributed by atoms with Crippen molar-refractivity contribution in [3.8, 4) is 0 Å². The third-order valence-corrected chi connectivity index (χ3v) is 5.24. The van der Waals surface area contributed by atoms with E-state index in [9.17, 15) is 18.0 Å². The summed E-state index contributed by atoms with van der Waals surface area (Å²) >= 11 is 5.95. The zero-order valence-electron chi connectivity index (χ0n) is 9.95. The van der Waals surface area contributed by atoms with E-state index >= 15 is 0 Å². The van der Waals surface area contributed by atoms with Crippen LogP contribution >= 0.6 is 31.9 Å². The second kappa shape index (κ2) is 5.48. The first kappa shape index (κ1) is 16.1. The highest BCUT2D eigenvalue weighted by Crippen LogP contribution is 2.35. The standard InChI is InChI=1S/C10H6Br2N2O6S/c11-5-1-4(2-6(12)9(5)21(18,19)20)14-8(15)3-7(13-14)10(16)17/h1-2H,3H2,(H,16,17)(H,18,19,20). The van der Waals surface area contributed by atoms with Gasteiger partial charge in [-0.05, 0) is 44.0 Å². The van der Waals surface area contributed by atoms with Crippen LogP contribution < -0.4 is 5.01 Å². The summed E-state index contributed by atoms with van der Waals surface area (Å²) in [5, 5.41) is 13.3. The summed E-state index contributed by atoms with van der Waals surface area (Å²) in [5.74, 6) is -1.87. The molecule has 0 radical (unpaired) electrons. The zero-order valence-corrected chi connectivity index (χ0v) is 13.9. The van der Waals surface area contributed by atoms with Gasteiger partial charge < -0.3 is 5.11 Å². The summed E-state index contributed by atoms with van der Waals surface area (Å²) in [4.78, 5) is 22.1. The van der Waals surface area contributed by atoms with Crippen LogP contribution in [0.5, 0.6) is 0 Å². The predicted molar refractivity (Wildman–Crippen MR) is 78.8 cm³/mol. The number of halogens is 2. The third-order valence-electron chi connectivity index (χ3n) is 2.51. The number of hydrogen-bond acceptors (Lipinski definition) is 5. The van der Waals surface area contributed by atoms with E-state index in [1.165, 1.54) is 12.1 Å². The molecule has 0 saturated carbocycles. The Morgan fingerprint density at radius 2 is 1.81 bits per heavy atom. The number of aliphatic carboxylic acids is 1. The Balaban J connectivity index is 2.53. The van der Waals surface area contributed by atoms with Crippen LogP contribution in [-0.4, -0.2) is 35.7 Å². The summed E-state index contributed by atoms with van der Waals surface area (Å²) in [6.07, 6.45) is -0.357. The summed E-state index contributed by atoms with van der Waals surface area (Å²) in [6.45, 7) is 0. The first-order valence-electron chi connectivity index (χ1n) is 5.21. The molecule has 2 N–H and O–H groups in total. The molecule has 1 aromatic rings. The number of rotatable bonds is 3.